The number of hydrogen-bond acceptors (Lipinski definition) is 5. The lowest BCUT2D eigenvalue weighted by Crippen LogP contribution is -1.98. The zero-order valence-corrected chi connectivity index (χ0v) is 16.8. The molecule has 0 aromatic heterocycles. The van der Waals surface area contributed by atoms with Crippen molar-refractivity contribution in [1.29, 1.82) is 0 Å². The molecule has 1 N–H and O–H groups in total. The Bertz CT molecular complexity index is 865. The summed E-state index contributed by atoms with van der Waals surface area (Å²) in [6, 6.07) is 4.42. The van der Waals surface area contributed by atoms with E-state index in [-0.39, 0.29) is 22.9 Å². The number of rotatable bonds is 5. The van der Waals surface area contributed by atoms with Gasteiger partial charge in [0.1, 0.15) is 11.5 Å². The Labute approximate surface area is 161 Å². The first-order chi connectivity index (χ1) is 11.7. The summed E-state index contributed by atoms with van der Waals surface area (Å²) in [6.07, 6.45) is 0.555. The number of nitrogens with zero attached hydrogens (tertiary/aromatic N) is 1. The number of carbonyl (C=O) groups excluding carboxylic acids is 1. The number of hydrogen-bond donors (Lipinski definition) is 1. The molecule has 0 atom stereocenters. The fourth-order valence-corrected chi connectivity index (χ4v) is 3.58. The molecule has 0 spiro atoms. The maximum absolute atomic E-state index is 11.2. The van der Waals surface area contributed by atoms with E-state index in [1.165, 1.54) is 12.1 Å². The SMILES string of the molecule is Cc1c([N+](=O)[O-])cc(Br)c(Oc2cc(C=O)c(O)c(C(C)C)c2)c1Br. The summed E-state index contributed by atoms with van der Waals surface area (Å²) in [6.45, 7) is 5.37. The lowest BCUT2D eigenvalue weighted by molar-refractivity contribution is -0.385. The Morgan fingerprint density at radius 3 is 2.44 bits per heavy atom. The molecule has 0 fully saturated rings. The minimum absolute atomic E-state index is 0.0206. The van der Waals surface area contributed by atoms with Crippen molar-refractivity contribution in [2.75, 3.05) is 0 Å². The van der Waals surface area contributed by atoms with Crippen molar-refractivity contribution < 1.29 is 19.6 Å². The van der Waals surface area contributed by atoms with E-state index >= 15 is 0 Å². The summed E-state index contributed by atoms with van der Waals surface area (Å²) in [5.74, 6) is 0.599. The Morgan fingerprint density at radius 1 is 1.28 bits per heavy atom. The average Bonchev–Trinajstić information content (AvgIpc) is 2.55. The molecule has 0 saturated carbocycles. The quantitative estimate of drug-likeness (QED) is 0.334. The minimum atomic E-state index is -0.476. The van der Waals surface area contributed by atoms with Crippen LogP contribution in [0.15, 0.2) is 27.1 Å². The molecule has 2 aromatic carbocycles. The maximum Gasteiger partial charge on any atom is 0.274 e. The van der Waals surface area contributed by atoms with Gasteiger partial charge in [0.2, 0.25) is 0 Å². The molecule has 25 heavy (non-hydrogen) atoms. The topological polar surface area (TPSA) is 89.7 Å². The summed E-state index contributed by atoms with van der Waals surface area (Å²) < 4.78 is 6.68. The third-order valence-corrected chi connectivity index (χ3v) is 5.25. The molecule has 0 unspecified atom stereocenters. The van der Waals surface area contributed by atoms with Crippen LogP contribution < -0.4 is 4.74 Å². The molecule has 132 valence electrons. The summed E-state index contributed by atoms with van der Waals surface area (Å²) in [5, 5.41) is 21.2. The highest BCUT2D eigenvalue weighted by Gasteiger charge is 2.22. The van der Waals surface area contributed by atoms with E-state index in [4.69, 9.17) is 4.74 Å². The van der Waals surface area contributed by atoms with Gasteiger partial charge >= 0.3 is 0 Å². The number of nitro benzene ring substituents is 1. The number of aldehydes is 1. The fourth-order valence-electron chi connectivity index (χ4n) is 2.32. The van der Waals surface area contributed by atoms with Gasteiger partial charge in [0, 0.05) is 17.2 Å². The number of aromatic hydroxyl groups is 1. The van der Waals surface area contributed by atoms with Gasteiger partial charge in [-0.05, 0) is 56.8 Å². The van der Waals surface area contributed by atoms with Crippen LogP contribution in [0.2, 0.25) is 0 Å². The normalized spacial score (nSPS) is 10.8. The van der Waals surface area contributed by atoms with Gasteiger partial charge in [-0.25, -0.2) is 0 Å². The van der Waals surface area contributed by atoms with Crippen LogP contribution in [0.4, 0.5) is 5.69 Å². The van der Waals surface area contributed by atoms with Gasteiger partial charge in [0.15, 0.2) is 12.0 Å². The Balaban J connectivity index is 2.57. The first-order valence-corrected chi connectivity index (χ1v) is 8.88. The Kier molecular flexibility index (Phi) is 5.84. The molecular weight excluding hydrogens is 458 g/mol. The van der Waals surface area contributed by atoms with Crippen LogP contribution >= 0.6 is 31.9 Å². The highest BCUT2D eigenvalue weighted by molar-refractivity contribution is 9.11. The van der Waals surface area contributed by atoms with Crippen molar-refractivity contribution in [3.63, 3.8) is 0 Å². The van der Waals surface area contributed by atoms with Gasteiger partial charge in [-0.3, -0.25) is 14.9 Å². The van der Waals surface area contributed by atoms with Crippen molar-refractivity contribution >= 4 is 43.8 Å². The summed E-state index contributed by atoms with van der Waals surface area (Å²) >= 11 is 6.60. The molecule has 0 radical (unpaired) electrons. The van der Waals surface area contributed by atoms with Gasteiger partial charge in [-0.1, -0.05) is 13.8 Å². The van der Waals surface area contributed by atoms with E-state index in [9.17, 15) is 20.0 Å². The van der Waals surface area contributed by atoms with Crippen molar-refractivity contribution in [2.45, 2.75) is 26.7 Å². The molecule has 8 heteroatoms. The third-order valence-electron chi connectivity index (χ3n) is 3.70. The van der Waals surface area contributed by atoms with Crippen LogP contribution in [0.3, 0.4) is 0 Å². The molecule has 0 heterocycles. The van der Waals surface area contributed by atoms with E-state index in [0.717, 1.165) is 0 Å². The molecule has 0 saturated heterocycles. The van der Waals surface area contributed by atoms with E-state index in [2.05, 4.69) is 31.9 Å². The Morgan fingerprint density at radius 2 is 1.92 bits per heavy atom. The third kappa shape index (κ3) is 3.85. The second-order valence-electron chi connectivity index (χ2n) is 5.73. The van der Waals surface area contributed by atoms with Crippen LogP contribution in [-0.4, -0.2) is 16.3 Å². The second kappa shape index (κ2) is 7.53. The van der Waals surface area contributed by atoms with E-state index in [0.29, 0.717) is 37.9 Å². The maximum atomic E-state index is 11.2. The van der Waals surface area contributed by atoms with Gasteiger partial charge in [0.05, 0.1) is 19.4 Å². The van der Waals surface area contributed by atoms with E-state index in [1.807, 2.05) is 13.8 Å². The lowest BCUT2D eigenvalue weighted by atomic mass is 9.99. The first kappa shape index (κ1) is 19.4. The van der Waals surface area contributed by atoms with Gasteiger partial charge < -0.3 is 9.84 Å². The number of nitro groups is 1. The van der Waals surface area contributed by atoms with E-state index in [1.54, 1.807) is 13.0 Å². The Hall–Kier alpha value is -1.93. The zero-order chi connectivity index (χ0) is 18.9. The van der Waals surface area contributed by atoms with E-state index < -0.39 is 4.92 Å². The molecule has 2 aromatic rings. The van der Waals surface area contributed by atoms with Crippen molar-refractivity contribution in [2.24, 2.45) is 0 Å². The predicted molar refractivity (Wildman–Crippen MR) is 101 cm³/mol. The smallest absolute Gasteiger partial charge is 0.274 e. The highest BCUT2D eigenvalue weighted by atomic mass is 79.9. The zero-order valence-electron chi connectivity index (χ0n) is 13.7. The second-order valence-corrected chi connectivity index (χ2v) is 7.38. The number of phenols is 1. The van der Waals surface area contributed by atoms with Crippen LogP contribution in [-0.2, 0) is 0 Å². The largest absolute Gasteiger partial charge is 0.507 e. The monoisotopic (exact) mass is 471 g/mol. The highest BCUT2D eigenvalue weighted by Crippen LogP contribution is 2.44. The summed E-state index contributed by atoms with van der Waals surface area (Å²) in [7, 11) is 0. The number of benzene rings is 2. The summed E-state index contributed by atoms with van der Waals surface area (Å²) in [5.41, 5.74) is 1.06. The molecule has 6 nitrogen and oxygen atoms in total. The predicted octanol–water partition coefficient (Wildman–Crippen LogP) is 5.86. The fraction of sp³-hybridized carbons (Fsp3) is 0.235. The molecule has 2 rings (SSSR count). The van der Waals surface area contributed by atoms with Crippen LogP contribution in [0.1, 0.15) is 41.3 Å². The number of ether oxygens (including phenoxy) is 1. The number of halogens is 2. The van der Waals surface area contributed by atoms with Gasteiger partial charge in [-0.2, -0.15) is 0 Å². The molecule has 0 bridgehead atoms. The van der Waals surface area contributed by atoms with Crippen LogP contribution in [0.25, 0.3) is 0 Å². The van der Waals surface area contributed by atoms with Crippen molar-refractivity contribution in [1.82, 2.24) is 0 Å². The molecule has 0 aliphatic heterocycles. The lowest BCUT2D eigenvalue weighted by Gasteiger charge is -2.16. The molecule has 0 aliphatic carbocycles. The van der Waals surface area contributed by atoms with Crippen LogP contribution in [0.5, 0.6) is 17.2 Å². The minimum Gasteiger partial charge on any atom is -0.507 e. The number of phenolic OH excluding ortho intramolecular Hbond substituents is 1. The molecular formula is C17H15Br2NO5. The van der Waals surface area contributed by atoms with Gasteiger partial charge in [-0.15, -0.1) is 0 Å². The van der Waals surface area contributed by atoms with Gasteiger partial charge in [0.25, 0.3) is 5.69 Å². The van der Waals surface area contributed by atoms with Crippen LogP contribution in [0, 0.1) is 17.0 Å². The molecule has 0 aliphatic rings. The summed E-state index contributed by atoms with van der Waals surface area (Å²) in [4.78, 5) is 21.8. The average molecular weight is 473 g/mol. The standard InChI is InChI=1S/C17H15Br2NO5/c1-8(2)12-5-11(4-10(7-21)16(12)22)25-17-13(18)6-14(20(23)24)9(3)15(17)19/h4-8,22H,1-3H3. The van der Waals surface area contributed by atoms with Crippen molar-refractivity contribution in [3.05, 3.63) is 53.9 Å². The molecule has 0 amide bonds. The number of carbonyl (C=O) groups is 1. The van der Waals surface area contributed by atoms with Crippen molar-refractivity contribution in [3.8, 4) is 17.2 Å². The first-order valence-electron chi connectivity index (χ1n) is 7.30.